The van der Waals surface area contributed by atoms with Gasteiger partial charge in [0.1, 0.15) is 6.10 Å². The summed E-state index contributed by atoms with van der Waals surface area (Å²) in [6, 6.07) is 11.3. The van der Waals surface area contributed by atoms with Crippen LogP contribution in [0.25, 0.3) is 0 Å². The molecule has 1 aliphatic carbocycles. The van der Waals surface area contributed by atoms with E-state index in [1.807, 2.05) is 41.4 Å². The summed E-state index contributed by atoms with van der Waals surface area (Å²) < 4.78 is 17.0. The molecule has 0 saturated carbocycles. The number of allylic oxidation sites excluding steroid dienone is 1. The largest absolute Gasteiger partial charge is 0.493 e. The first-order chi connectivity index (χ1) is 18.9. The Labute approximate surface area is 229 Å². The first kappa shape index (κ1) is 26.9. The minimum atomic E-state index is -0.564. The number of fused-ring (bicyclic) bond motifs is 2. The normalized spacial score (nSPS) is 22.3. The average molecular weight is 533 g/mol. The zero-order chi connectivity index (χ0) is 27.5. The lowest BCUT2D eigenvalue weighted by molar-refractivity contribution is -0.126. The topological polar surface area (TPSA) is 101 Å². The number of carbonyl (C=O) groups is 2. The molecule has 0 spiro atoms. The number of hydrogen-bond acceptors (Lipinski definition) is 7. The molecule has 3 aliphatic rings. The highest BCUT2D eigenvalue weighted by molar-refractivity contribution is 6.03. The standard InChI is InChI=1S/C30H36N4O5/c1-18-9-20(10-18)16-38-28-13-26-25(12-27(28)37-4)30(36)34-15-22(11-24(34)14-32-26)21-5-7-23(8-6-21)33-29(35)19(2)39-17-31-3/h5-9,12-14,19-20,22,24,31H,10-11,15-17H2,1-4H3,(H,33,35)/t19-,20?,22?,24?/m1/s1. The smallest absolute Gasteiger partial charge is 0.256 e. The highest BCUT2D eigenvalue weighted by Gasteiger charge is 2.38. The molecule has 2 aromatic rings. The van der Waals surface area contributed by atoms with Crippen molar-refractivity contribution in [2.75, 3.05) is 39.4 Å². The van der Waals surface area contributed by atoms with E-state index in [1.54, 1.807) is 27.1 Å². The lowest BCUT2D eigenvalue weighted by Crippen LogP contribution is -2.35. The van der Waals surface area contributed by atoms with E-state index in [-0.39, 0.29) is 23.8 Å². The van der Waals surface area contributed by atoms with Crippen molar-refractivity contribution in [3.8, 4) is 11.5 Å². The van der Waals surface area contributed by atoms with Crippen LogP contribution in [0.15, 0.2) is 53.0 Å². The van der Waals surface area contributed by atoms with E-state index in [4.69, 9.17) is 19.2 Å². The van der Waals surface area contributed by atoms with Gasteiger partial charge in [-0.3, -0.25) is 19.9 Å². The number of aliphatic imine (C=N–C) groups is 1. The van der Waals surface area contributed by atoms with E-state index < -0.39 is 6.10 Å². The molecule has 2 amide bonds. The Kier molecular flexibility index (Phi) is 7.99. The number of nitrogens with one attached hydrogen (secondary N) is 2. The number of ether oxygens (including phenoxy) is 3. The van der Waals surface area contributed by atoms with Crippen LogP contribution in [-0.2, 0) is 9.53 Å². The van der Waals surface area contributed by atoms with E-state index in [0.29, 0.717) is 54.2 Å². The second-order valence-corrected chi connectivity index (χ2v) is 10.5. The summed E-state index contributed by atoms with van der Waals surface area (Å²) in [7, 11) is 3.35. The number of methoxy groups -OCH3 is 1. The Hall–Kier alpha value is -3.69. The Balaban J connectivity index is 1.26. The SMILES string of the molecule is CNCO[C@H](C)C(=O)Nc1ccc(C2CC3C=Nc4cc(OCC5C=C(C)C5)c(OC)cc4C(=O)N3C2)cc1. The molecule has 1 saturated heterocycles. The fraction of sp³-hybridized carbons (Fsp3) is 0.433. The quantitative estimate of drug-likeness (QED) is 0.350. The first-order valence-corrected chi connectivity index (χ1v) is 13.4. The van der Waals surface area contributed by atoms with Gasteiger partial charge < -0.3 is 24.4 Å². The summed E-state index contributed by atoms with van der Waals surface area (Å²) in [6.45, 7) is 5.30. The number of carbonyl (C=O) groups excluding carboxylic acids is 2. The van der Waals surface area contributed by atoms with E-state index in [1.165, 1.54) is 5.57 Å². The van der Waals surface area contributed by atoms with E-state index in [9.17, 15) is 9.59 Å². The lowest BCUT2D eigenvalue weighted by Gasteiger charge is -2.24. The molecule has 9 nitrogen and oxygen atoms in total. The summed E-state index contributed by atoms with van der Waals surface area (Å²) in [5.41, 5.74) is 4.33. The molecular weight excluding hydrogens is 496 g/mol. The Bertz CT molecular complexity index is 1290. The molecule has 3 unspecified atom stereocenters. The second-order valence-electron chi connectivity index (χ2n) is 10.5. The van der Waals surface area contributed by atoms with Crippen molar-refractivity contribution in [1.82, 2.24) is 10.2 Å². The fourth-order valence-corrected chi connectivity index (χ4v) is 5.36. The maximum atomic E-state index is 13.6. The van der Waals surface area contributed by atoms with E-state index in [0.717, 1.165) is 18.4 Å². The zero-order valence-corrected chi connectivity index (χ0v) is 22.9. The van der Waals surface area contributed by atoms with Crippen molar-refractivity contribution in [2.24, 2.45) is 10.9 Å². The molecule has 5 rings (SSSR count). The van der Waals surface area contributed by atoms with Crippen LogP contribution in [-0.4, -0.2) is 69.1 Å². The molecule has 2 aliphatic heterocycles. The number of rotatable bonds is 10. The third-order valence-electron chi connectivity index (χ3n) is 7.56. The van der Waals surface area contributed by atoms with Crippen molar-refractivity contribution in [1.29, 1.82) is 0 Å². The second kappa shape index (κ2) is 11.6. The summed E-state index contributed by atoms with van der Waals surface area (Å²) in [6.07, 6.45) is 5.35. The number of hydrogen-bond donors (Lipinski definition) is 2. The maximum Gasteiger partial charge on any atom is 0.256 e. The van der Waals surface area contributed by atoms with Crippen LogP contribution in [0.4, 0.5) is 11.4 Å². The Morgan fingerprint density at radius 3 is 2.67 bits per heavy atom. The van der Waals surface area contributed by atoms with Gasteiger partial charge in [-0.15, -0.1) is 0 Å². The molecule has 4 atom stereocenters. The summed E-state index contributed by atoms with van der Waals surface area (Å²) in [5.74, 6) is 1.46. The Morgan fingerprint density at radius 1 is 1.21 bits per heavy atom. The zero-order valence-electron chi connectivity index (χ0n) is 22.9. The van der Waals surface area contributed by atoms with Gasteiger partial charge in [0, 0.05) is 36.3 Å². The van der Waals surface area contributed by atoms with Crippen LogP contribution < -0.4 is 20.1 Å². The molecule has 2 aromatic carbocycles. The van der Waals surface area contributed by atoms with Gasteiger partial charge in [-0.05, 0) is 57.5 Å². The maximum absolute atomic E-state index is 13.6. The van der Waals surface area contributed by atoms with Gasteiger partial charge in [-0.2, -0.15) is 0 Å². The summed E-state index contributed by atoms with van der Waals surface area (Å²) in [5, 5.41) is 5.74. The van der Waals surface area contributed by atoms with Gasteiger partial charge in [0.25, 0.3) is 11.8 Å². The predicted molar refractivity (Wildman–Crippen MR) is 150 cm³/mol. The molecule has 2 heterocycles. The van der Waals surface area contributed by atoms with Crippen LogP contribution in [0.1, 0.15) is 48.5 Å². The minimum absolute atomic E-state index is 0.0585. The van der Waals surface area contributed by atoms with Crippen LogP contribution in [0.5, 0.6) is 11.5 Å². The van der Waals surface area contributed by atoms with E-state index in [2.05, 4.69) is 23.6 Å². The van der Waals surface area contributed by atoms with Gasteiger partial charge >= 0.3 is 0 Å². The van der Waals surface area contributed by atoms with Gasteiger partial charge in [0.2, 0.25) is 0 Å². The van der Waals surface area contributed by atoms with Gasteiger partial charge in [0.05, 0.1) is 37.7 Å². The molecule has 39 heavy (non-hydrogen) atoms. The number of amides is 2. The van der Waals surface area contributed by atoms with Crippen molar-refractivity contribution < 1.29 is 23.8 Å². The average Bonchev–Trinajstić information content (AvgIpc) is 3.31. The number of anilines is 1. The molecular formula is C30H36N4O5. The third kappa shape index (κ3) is 5.84. The third-order valence-corrected chi connectivity index (χ3v) is 7.56. The lowest BCUT2D eigenvalue weighted by atomic mass is 9.88. The molecule has 2 N–H and O–H groups in total. The highest BCUT2D eigenvalue weighted by Crippen LogP contribution is 2.41. The fourth-order valence-electron chi connectivity index (χ4n) is 5.36. The highest BCUT2D eigenvalue weighted by atomic mass is 16.5. The van der Waals surface area contributed by atoms with Crippen LogP contribution in [0, 0.1) is 5.92 Å². The molecule has 9 heteroatoms. The molecule has 206 valence electrons. The van der Waals surface area contributed by atoms with E-state index >= 15 is 0 Å². The summed E-state index contributed by atoms with van der Waals surface area (Å²) >= 11 is 0. The number of nitrogens with zero attached hydrogens (tertiary/aromatic N) is 2. The number of benzene rings is 2. The molecule has 1 fully saturated rings. The van der Waals surface area contributed by atoms with Crippen LogP contribution in [0.3, 0.4) is 0 Å². The molecule has 0 radical (unpaired) electrons. The van der Waals surface area contributed by atoms with Crippen molar-refractivity contribution in [3.05, 3.63) is 59.2 Å². The van der Waals surface area contributed by atoms with Crippen LogP contribution >= 0.6 is 0 Å². The summed E-state index contributed by atoms with van der Waals surface area (Å²) in [4.78, 5) is 32.5. The molecule has 0 aromatic heterocycles. The predicted octanol–water partition coefficient (Wildman–Crippen LogP) is 4.27. The Morgan fingerprint density at radius 2 is 1.97 bits per heavy atom. The minimum Gasteiger partial charge on any atom is -0.493 e. The van der Waals surface area contributed by atoms with Gasteiger partial charge in [-0.25, -0.2) is 0 Å². The van der Waals surface area contributed by atoms with Gasteiger partial charge in [-0.1, -0.05) is 23.8 Å². The monoisotopic (exact) mass is 532 g/mol. The van der Waals surface area contributed by atoms with Gasteiger partial charge in [0.15, 0.2) is 11.5 Å². The molecule has 0 bridgehead atoms. The van der Waals surface area contributed by atoms with Crippen LogP contribution in [0.2, 0.25) is 0 Å². The van der Waals surface area contributed by atoms with Crippen molar-refractivity contribution >= 4 is 29.4 Å². The van der Waals surface area contributed by atoms with Crippen molar-refractivity contribution in [3.63, 3.8) is 0 Å². The van der Waals surface area contributed by atoms with Crippen molar-refractivity contribution in [2.45, 2.75) is 44.8 Å². The first-order valence-electron chi connectivity index (χ1n) is 13.4.